The number of hydrogen-bond donors (Lipinski definition) is 8. The Morgan fingerprint density at radius 1 is 0.553 bits per heavy atom. The number of quaternary nitrogens is 2. The lowest BCUT2D eigenvalue weighted by atomic mass is 10.2. The maximum Gasteiger partial charge on any atom is 0.335 e. The fourth-order valence-electron chi connectivity index (χ4n) is 1.62. The molecule has 0 aromatic rings. The lowest BCUT2D eigenvalue weighted by molar-refractivity contribution is -0.657. The molecule has 0 saturated carbocycles. The second-order valence-corrected chi connectivity index (χ2v) is 6.80. The van der Waals surface area contributed by atoms with Crippen molar-refractivity contribution in [3.05, 3.63) is 0 Å². The summed E-state index contributed by atoms with van der Waals surface area (Å²) in [5.41, 5.74) is 0. The normalized spacial score (nSPS) is 13.1. The first kappa shape index (κ1) is 42.6. The van der Waals surface area contributed by atoms with Gasteiger partial charge in [-0.05, 0) is 0 Å². The summed E-state index contributed by atoms with van der Waals surface area (Å²) in [4.78, 5) is 38.8. The number of carbonyl (C=O) groups excluding carboxylic acids is 2. The van der Waals surface area contributed by atoms with Crippen LogP contribution in [0, 0.1) is 0 Å². The fourth-order valence-corrected chi connectivity index (χ4v) is 1.62. The van der Waals surface area contributed by atoms with Gasteiger partial charge in [0.2, 0.25) is 0 Å². The molecule has 0 spiro atoms. The van der Waals surface area contributed by atoms with Crippen LogP contribution >= 0.6 is 0 Å². The van der Waals surface area contributed by atoms with E-state index >= 15 is 0 Å². The summed E-state index contributed by atoms with van der Waals surface area (Å²) >= 11 is 0. The zero-order chi connectivity index (χ0) is 30.5. The van der Waals surface area contributed by atoms with Gasteiger partial charge in [0.15, 0.2) is 12.2 Å². The third kappa shape index (κ3) is 31.5. The molecule has 0 aliphatic heterocycles. The number of carboxylic acid groups (broad SMARTS) is 4. The second-order valence-electron chi connectivity index (χ2n) is 6.80. The van der Waals surface area contributed by atoms with Gasteiger partial charge in [-0.3, -0.25) is 0 Å². The summed E-state index contributed by atoms with van der Waals surface area (Å²) in [6.45, 7) is 7.40. The molecule has 0 aliphatic rings. The average Bonchev–Trinajstić information content (AvgIpc) is 2.87. The number of aliphatic hydroxyl groups is 4. The topological polar surface area (TPSA) is 306 Å². The van der Waals surface area contributed by atoms with Crippen molar-refractivity contribution in [1.82, 2.24) is 0 Å². The van der Waals surface area contributed by atoms with E-state index in [0.29, 0.717) is 0 Å². The Labute approximate surface area is 219 Å². The average molecular weight is 567 g/mol. The van der Waals surface area contributed by atoms with Gasteiger partial charge in [0.05, 0.1) is 64.5 Å². The number of nitrogens with two attached hydrogens (primary N) is 2. The van der Waals surface area contributed by atoms with Gasteiger partial charge in [0.25, 0.3) is 0 Å². The van der Waals surface area contributed by atoms with Crippen LogP contribution in [0.5, 0.6) is 0 Å². The van der Waals surface area contributed by atoms with Crippen molar-refractivity contribution in [2.24, 2.45) is 0 Å². The molecule has 10 N–H and O–H groups in total. The van der Waals surface area contributed by atoms with Gasteiger partial charge in [0.1, 0.15) is 12.2 Å². The Morgan fingerprint density at radius 2 is 0.763 bits per heavy atom. The molecule has 0 aliphatic carbocycles. The second kappa shape index (κ2) is 30.7. The number of carboxylic acids is 4. The van der Waals surface area contributed by atoms with Crippen molar-refractivity contribution in [3.63, 3.8) is 0 Å². The largest absolute Gasteiger partial charge is 0.547 e. The molecule has 0 saturated heterocycles. The highest BCUT2D eigenvalue weighted by Gasteiger charge is 2.24. The van der Waals surface area contributed by atoms with Crippen LogP contribution in [0.3, 0.4) is 0 Å². The molecule has 18 nitrogen and oxygen atoms in total. The first-order valence-corrected chi connectivity index (χ1v) is 10.9. The van der Waals surface area contributed by atoms with Crippen molar-refractivity contribution in [2.45, 2.75) is 24.4 Å². The van der Waals surface area contributed by atoms with Crippen molar-refractivity contribution in [2.75, 3.05) is 81.0 Å². The molecule has 0 heterocycles. The zero-order valence-corrected chi connectivity index (χ0v) is 21.9. The minimum atomic E-state index is -2.38. The van der Waals surface area contributed by atoms with Crippen LogP contribution in [0.15, 0.2) is 0 Å². The molecule has 0 fully saturated rings. The Morgan fingerprint density at radius 3 is 0.868 bits per heavy atom. The summed E-state index contributed by atoms with van der Waals surface area (Å²) in [6, 6.07) is 0. The number of aliphatic hydroxyl groups excluding tert-OH is 4. The fraction of sp³-hybridized carbons (Fsp3) is 0.800. The standard InChI is InChI=1S/2C6H15NO2.2C4H6O6/c2*1-8-5-3-7-4-6-9-2;2*5-1(3(7)8)2(6)4(9)10/h2*7H,3-6H2,1-2H3;2*1-2,5-6H,(H,7,8)(H,9,10). The minimum absolute atomic E-state index is 0.823. The summed E-state index contributed by atoms with van der Waals surface area (Å²) in [5.74, 6) is -7.65. The highest BCUT2D eigenvalue weighted by atomic mass is 16.5. The summed E-state index contributed by atoms with van der Waals surface area (Å²) in [5, 5.41) is 72.6. The molecule has 4 atom stereocenters. The maximum atomic E-state index is 9.74. The van der Waals surface area contributed by atoms with E-state index in [1.165, 1.54) is 0 Å². The summed E-state index contributed by atoms with van der Waals surface area (Å²) in [6.07, 6.45) is -9.41. The van der Waals surface area contributed by atoms with Crippen LogP contribution in [0.25, 0.3) is 0 Å². The molecule has 0 bridgehead atoms. The minimum Gasteiger partial charge on any atom is -0.547 e. The van der Waals surface area contributed by atoms with E-state index in [1.54, 1.807) is 28.4 Å². The van der Waals surface area contributed by atoms with E-state index in [1.807, 2.05) is 0 Å². The quantitative estimate of drug-likeness (QED) is 0.0714. The Bertz CT molecular complexity index is 497. The van der Waals surface area contributed by atoms with Crippen LogP contribution in [0.2, 0.25) is 0 Å². The first-order valence-electron chi connectivity index (χ1n) is 10.9. The Hall–Kier alpha value is -2.52. The van der Waals surface area contributed by atoms with E-state index in [-0.39, 0.29) is 0 Å². The number of methoxy groups -OCH3 is 4. The van der Waals surface area contributed by atoms with E-state index in [0.717, 1.165) is 52.6 Å². The molecule has 18 heteroatoms. The van der Waals surface area contributed by atoms with E-state index in [2.05, 4.69) is 10.6 Å². The molecule has 38 heavy (non-hydrogen) atoms. The van der Waals surface area contributed by atoms with Crippen LogP contribution in [-0.4, -0.2) is 160 Å². The predicted octanol–water partition coefficient (Wildman–Crippen LogP) is -9.23. The third-order valence-corrected chi connectivity index (χ3v) is 3.69. The SMILES string of the molecule is COCC[NH2+]CCOC.COCC[NH2+]CCOC.O=C([O-])C(O)C(O)C(=O)O.O=C([O-])C(O)C(O)C(=O)O. The van der Waals surface area contributed by atoms with Crippen LogP contribution < -0.4 is 20.8 Å². The molecule has 0 amide bonds. The van der Waals surface area contributed by atoms with Crippen LogP contribution in [0.1, 0.15) is 0 Å². The predicted molar refractivity (Wildman–Crippen MR) is 120 cm³/mol. The number of ether oxygens (including phenoxy) is 4. The molecule has 228 valence electrons. The van der Waals surface area contributed by atoms with Crippen molar-refractivity contribution < 1.29 is 89.6 Å². The summed E-state index contributed by atoms with van der Waals surface area (Å²) in [7, 11) is 6.85. The monoisotopic (exact) mass is 566 g/mol. The van der Waals surface area contributed by atoms with Crippen molar-refractivity contribution in [3.8, 4) is 0 Å². The highest BCUT2D eigenvalue weighted by Crippen LogP contribution is 1.91. The number of hydrogen-bond acceptors (Lipinski definition) is 14. The van der Waals surface area contributed by atoms with Crippen LogP contribution in [-0.2, 0) is 38.1 Å². The molecular formula is C20H42N2O16. The number of carbonyl (C=O) groups is 4. The number of rotatable bonds is 18. The van der Waals surface area contributed by atoms with Gasteiger partial charge < -0.3 is 80.0 Å². The van der Waals surface area contributed by atoms with Gasteiger partial charge in [-0.25, -0.2) is 9.59 Å². The van der Waals surface area contributed by atoms with Gasteiger partial charge in [0, 0.05) is 28.4 Å². The lowest BCUT2D eigenvalue weighted by Crippen LogP contribution is -2.86. The molecule has 0 aromatic carbocycles. The first-order chi connectivity index (χ1) is 17.8. The third-order valence-electron chi connectivity index (χ3n) is 3.69. The smallest absolute Gasteiger partial charge is 0.335 e. The molecule has 0 radical (unpaired) electrons. The Balaban J connectivity index is -0.000000203. The maximum absolute atomic E-state index is 9.74. The van der Waals surface area contributed by atoms with Crippen molar-refractivity contribution in [1.29, 1.82) is 0 Å². The van der Waals surface area contributed by atoms with Crippen molar-refractivity contribution >= 4 is 23.9 Å². The van der Waals surface area contributed by atoms with E-state index in [4.69, 9.17) is 49.6 Å². The van der Waals surface area contributed by atoms with Crippen LogP contribution in [0.4, 0.5) is 0 Å². The van der Waals surface area contributed by atoms with E-state index in [9.17, 15) is 29.4 Å². The van der Waals surface area contributed by atoms with Gasteiger partial charge in [-0.1, -0.05) is 0 Å². The molecule has 4 unspecified atom stereocenters. The van der Waals surface area contributed by atoms with E-state index < -0.39 is 48.3 Å². The molecule has 0 aromatic heterocycles. The molecule has 0 rings (SSSR count). The van der Waals surface area contributed by atoms with Gasteiger partial charge >= 0.3 is 11.9 Å². The number of aliphatic carboxylic acids is 4. The summed E-state index contributed by atoms with van der Waals surface area (Å²) < 4.78 is 19.4. The highest BCUT2D eigenvalue weighted by molar-refractivity contribution is 5.82. The van der Waals surface area contributed by atoms with Gasteiger partial charge in [-0.2, -0.15) is 0 Å². The Kier molecular flexibility index (Phi) is 34.4. The van der Waals surface area contributed by atoms with Gasteiger partial charge in [-0.15, -0.1) is 0 Å². The zero-order valence-electron chi connectivity index (χ0n) is 21.9. The molecular weight excluding hydrogens is 524 g/mol. The lowest BCUT2D eigenvalue weighted by Gasteiger charge is -2.13.